The van der Waals surface area contributed by atoms with Gasteiger partial charge in [0, 0.05) is 46.6 Å². The number of nitrogens with two attached hydrogens (primary N) is 1. The van der Waals surface area contributed by atoms with E-state index in [-0.39, 0.29) is 8.41 Å². The van der Waals surface area contributed by atoms with E-state index in [9.17, 15) is 0 Å². The van der Waals surface area contributed by atoms with Gasteiger partial charge in [-0.3, -0.25) is 0 Å². The number of pyridine rings is 2. The third-order valence-electron chi connectivity index (χ3n) is 3.13. The summed E-state index contributed by atoms with van der Waals surface area (Å²) >= 11 is 0. The third kappa shape index (κ3) is 9.62. The highest BCUT2D eigenvalue weighted by Gasteiger charge is 1.95. The second-order valence-electron chi connectivity index (χ2n) is 4.90. The molecule has 2 N–H and O–H groups in total. The Labute approximate surface area is 156 Å². The van der Waals surface area contributed by atoms with E-state index in [2.05, 4.69) is 14.8 Å². The monoisotopic (exact) mass is 355 g/mol. The van der Waals surface area contributed by atoms with E-state index >= 15 is 0 Å². The van der Waals surface area contributed by atoms with Crippen molar-refractivity contribution in [2.45, 2.75) is 19.4 Å². The smallest absolute Gasteiger partial charge is 0.212 e. The normalized spacial score (nSPS) is 11.5. The van der Waals surface area contributed by atoms with E-state index in [4.69, 9.17) is 26.5 Å². The van der Waals surface area contributed by atoms with E-state index in [1.54, 1.807) is 38.6 Å². The molecule has 0 saturated carbocycles. The van der Waals surface area contributed by atoms with Crippen LogP contribution in [0.1, 0.15) is 18.4 Å². The van der Waals surface area contributed by atoms with Gasteiger partial charge in [0.15, 0.2) is 0 Å². The van der Waals surface area contributed by atoms with Gasteiger partial charge in [0.25, 0.3) is 0 Å². The van der Waals surface area contributed by atoms with Crippen molar-refractivity contribution in [3.8, 4) is 11.8 Å². The van der Waals surface area contributed by atoms with Crippen LogP contribution in [0.3, 0.4) is 0 Å². The van der Waals surface area contributed by atoms with Crippen LogP contribution in [0.4, 0.5) is 5.69 Å². The standard InChI is InChI=1S/C7H6N2O.C7H10N2O.C4H8O.B/c1-8-6-3-4-7(10-2)9-5-6;1-10-7-3-2-6(4-8)5-9-7;1-2-4-5-3-1;/h3-5H,2H3;2-3,5H,4,8H2,1H3;1-4H2;. The molecule has 0 spiro atoms. The lowest BCUT2D eigenvalue weighted by Gasteiger charge is -1.98. The number of nitrogens with zero attached hydrogens (tertiary/aromatic N) is 3. The Morgan fingerprint density at radius 3 is 1.92 bits per heavy atom. The van der Waals surface area contributed by atoms with E-state index in [1.165, 1.54) is 19.0 Å². The first-order valence-corrected chi connectivity index (χ1v) is 7.87. The van der Waals surface area contributed by atoms with Crippen LogP contribution in [-0.4, -0.2) is 45.8 Å². The van der Waals surface area contributed by atoms with Crippen molar-refractivity contribution in [2.24, 2.45) is 5.73 Å². The number of aromatic nitrogens is 2. The SMILES string of the molecule is C1CCOC1.COc1ccc(CN)cn1.[B].[C-]#[N+]c1ccc(OC)nc1. The highest BCUT2D eigenvalue weighted by molar-refractivity contribution is 5.75. The fraction of sp³-hybridized carbons (Fsp3) is 0.389. The predicted molar refractivity (Wildman–Crippen MR) is 102 cm³/mol. The van der Waals surface area contributed by atoms with Crippen molar-refractivity contribution in [3.05, 3.63) is 53.6 Å². The molecule has 26 heavy (non-hydrogen) atoms. The minimum atomic E-state index is 0. The van der Waals surface area contributed by atoms with Gasteiger partial charge < -0.3 is 19.9 Å². The van der Waals surface area contributed by atoms with Crippen LogP contribution < -0.4 is 15.2 Å². The van der Waals surface area contributed by atoms with Crippen molar-refractivity contribution in [1.82, 2.24) is 9.97 Å². The van der Waals surface area contributed by atoms with Crippen LogP contribution in [-0.2, 0) is 11.3 Å². The predicted octanol–water partition coefficient (Wildman–Crippen LogP) is 2.61. The van der Waals surface area contributed by atoms with Gasteiger partial charge in [-0.1, -0.05) is 6.07 Å². The number of ether oxygens (including phenoxy) is 3. The number of methoxy groups -OCH3 is 2. The number of rotatable bonds is 3. The van der Waals surface area contributed by atoms with Crippen LogP contribution in [0, 0.1) is 6.57 Å². The minimum Gasteiger partial charge on any atom is -0.481 e. The minimum absolute atomic E-state index is 0. The maximum absolute atomic E-state index is 6.62. The molecular weight excluding hydrogens is 331 g/mol. The van der Waals surface area contributed by atoms with E-state index < -0.39 is 0 Å². The topological polar surface area (TPSA) is 83.9 Å². The molecule has 0 amide bonds. The molecule has 0 aromatic carbocycles. The van der Waals surface area contributed by atoms with E-state index in [0.717, 1.165) is 18.8 Å². The first-order chi connectivity index (χ1) is 12.2. The lowest BCUT2D eigenvalue weighted by Crippen LogP contribution is -1.97. The molecule has 0 atom stereocenters. The zero-order valence-electron chi connectivity index (χ0n) is 15.2. The summed E-state index contributed by atoms with van der Waals surface area (Å²) in [4.78, 5) is 11.0. The molecule has 1 fully saturated rings. The molecule has 0 bridgehead atoms. The Morgan fingerprint density at radius 2 is 1.62 bits per heavy atom. The van der Waals surface area contributed by atoms with Gasteiger partial charge in [0.2, 0.25) is 17.4 Å². The van der Waals surface area contributed by atoms with Gasteiger partial charge in [0.1, 0.15) is 0 Å². The molecule has 1 aliphatic rings. The summed E-state index contributed by atoms with van der Waals surface area (Å²) in [6.07, 6.45) is 5.74. The molecule has 0 unspecified atom stereocenters. The van der Waals surface area contributed by atoms with Crippen LogP contribution >= 0.6 is 0 Å². The fourth-order valence-electron chi connectivity index (χ4n) is 1.72. The van der Waals surface area contributed by atoms with Gasteiger partial charge in [-0.25, -0.2) is 14.8 Å². The first-order valence-electron chi connectivity index (χ1n) is 7.87. The fourth-order valence-corrected chi connectivity index (χ4v) is 1.72. The van der Waals surface area contributed by atoms with Crippen molar-refractivity contribution in [3.63, 3.8) is 0 Å². The highest BCUT2D eigenvalue weighted by Crippen LogP contribution is 2.12. The summed E-state index contributed by atoms with van der Waals surface area (Å²) in [5.74, 6) is 1.16. The second kappa shape index (κ2) is 14.7. The van der Waals surface area contributed by atoms with Crippen molar-refractivity contribution in [1.29, 1.82) is 0 Å². The molecule has 8 heteroatoms. The highest BCUT2D eigenvalue weighted by atomic mass is 16.5. The first kappa shape index (κ1) is 23.4. The van der Waals surface area contributed by atoms with Gasteiger partial charge in [0.05, 0.1) is 20.8 Å². The molecular formula is C18H24BN4O3. The van der Waals surface area contributed by atoms with Crippen molar-refractivity contribution >= 4 is 14.1 Å². The Balaban J connectivity index is 0.000000372. The summed E-state index contributed by atoms with van der Waals surface area (Å²) in [7, 11) is 3.13. The van der Waals surface area contributed by atoms with E-state index in [0.29, 0.717) is 24.0 Å². The molecule has 2 aromatic rings. The summed E-state index contributed by atoms with van der Waals surface area (Å²) in [6, 6.07) is 7.01. The van der Waals surface area contributed by atoms with Crippen molar-refractivity contribution < 1.29 is 14.2 Å². The Morgan fingerprint density at radius 1 is 1.04 bits per heavy atom. The lowest BCUT2D eigenvalue weighted by atomic mass is 10.3. The summed E-state index contributed by atoms with van der Waals surface area (Å²) in [6.45, 7) is 9.14. The van der Waals surface area contributed by atoms with Crippen LogP contribution in [0.15, 0.2) is 36.7 Å². The molecule has 3 heterocycles. The average Bonchev–Trinajstić information content (AvgIpc) is 3.29. The van der Waals surface area contributed by atoms with Gasteiger partial charge in [-0.05, 0) is 30.5 Å². The summed E-state index contributed by atoms with van der Waals surface area (Å²) < 4.78 is 14.6. The maximum Gasteiger partial charge on any atom is 0.212 e. The average molecular weight is 355 g/mol. The van der Waals surface area contributed by atoms with Gasteiger partial charge in [-0.2, -0.15) is 0 Å². The Hall–Kier alpha value is -2.63. The molecule has 1 saturated heterocycles. The number of hydrogen-bond donors (Lipinski definition) is 1. The largest absolute Gasteiger partial charge is 0.481 e. The quantitative estimate of drug-likeness (QED) is 0.673. The van der Waals surface area contributed by atoms with Gasteiger partial charge in [-0.15, -0.1) is 0 Å². The molecule has 2 aromatic heterocycles. The molecule has 3 rings (SSSR count). The van der Waals surface area contributed by atoms with E-state index in [1.807, 2.05) is 6.07 Å². The molecule has 3 radical (unpaired) electrons. The molecule has 0 aliphatic carbocycles. The zero-order valence-corrected chi connectivity index (χ0v) is 15.2. The Bertz CT molecular complexity index is 596. The van der Waals surface area contributed by atoms with Crippen LogP contribution in [0.2, 0.25) is 0 Å². The van der Waals surface area contributed by atoms with Crippen LogP contribution in [0.25, 0.3) is 4.85 Å². The summed E-state index contributed by atoms with van der Waals surface area (Å²) in [5.41, 5.74) is 6.90. The van der Waals surface area contributed by atoms with Gasteiger partial charge >= 0.3 is 0 Å². The van der Waals surface area contributed by atoms with Crippen molar-refractivity contribution in [2.75, 3.05) is 27.4 Å². The third-order valence-corrected chi connectivity index (χ3v) is 3.13. The molecule has 137 valence electrons. The molecule has 7 nitrogen and oxygen atoms in total. The zero-order chi connectivity index (χ0) is 18.3. The maximum atomic E-state index is 6.62. The Kier molecular flexibility index (Phi) is 13.2. The van der Waals surface area contributed by atoms with Crippen LogP contribution in [0.5, 0.6) is 11.8 Å². The summed E-state index contributed by atoms with van der Waals surface area (Å²) in [5, 5.41) is 0. The molecule has 1 aliphatic heterocycles. The lowest BCUT2D eigenvalue weighted by molar-refractivity contribution is 0.198. The second-order valence-corrected chi connectivity index (χ2v) is 4.90. The number of hydrogen-bond acceptors (Lipinski definition) is 6.